The zero-order valence-electron chi connectivity index (χ0n) is 14.2. The van der Waals surface area contributed by atoms with E-state index in [1.165, 1.54) is 17.2 Å². The molecule has 25 heavy (non-hydrogen) atoms. The maximum Gasteiger partial charge on any atom is 0.256 e. The number of ether oxygens (including phenoxy) is 1. The van der Waals surface area contributed by atoms with E-state index in [9.17, 15) is 9.59 Å². The number of rotatable bonds is 4. The first-order chi connectivity index (χ1) is 12.0. The molecule has 9 nitrogen and oxygen atoms in total. The average molecular weight is 344 g/mol. The number of hydrogen-bond donors (Lipinski definition) is 1. The molecule has 1 saturated heterocycles. The summed E-state index contributed by atoms with van der Waals surface area (Å²) in [5.41, 5.74) is 0.971. The van der Waals surface area contributed by atoms with E-state index in [-0.39, 0.29) is 18.0 Å². The first kappa shape index (κ1) is 17.0. The van der Waals surface area contributed by atoms with Crippen LogP contribution in [-0.2, 0) is 16.1 Å². The van der Waals surface area contributed by atoms with E-state index in [0.717, 1.165) is 18.9 Å². The molecule has 0 spiro atoms. The Morgan fingerprint density at radius 1 is 1.24 bits per heavy atom. The second-order valence-electron chi connectivity index (χ2n) is 5.80. The Kier molecular flexibility index (Phi) is 5.03. The van der Waals surface area contributed by atoms with Crippen molar-refractivity contribution in [2.24, 2.45) is 0 Å². The molecule has 0 bridgehead atoms. The lowest BCUT2D eigenvalue weighted by molar-refractivity contribution is -0.116. The minimum absolute atomic E-state index is 0.121. The third-order valence-corrected chi connectivity index (χ3v) is 4.08. The first-order valence-electron chi connectivity index (χ1n) is 8.02. The largest absolute Gasteiger partial charge is 0.378 e. The van der Waals surface area contributed by atoms with Crippen LogP contribution in [-0.4, -0.2) is 51.7 Å². The second-order valence-corrected chi connectivity index (χ2v) is 5.80. The molecule has 9 heteroatoms. The molecule has 0 aromatic carbocycles. The van der Waals surface area contributed by atoms with E-state index >= 15 is 0 Å². The number of aryl methyl sites for hydroxylation is 1. The molecule has 1 aliphatic rings. The zero-order valence-corrected chi connectivity index (χ0v) is 14.2. The summed E-state index contributed by atoms with van der Waals surface area (Å²) in [5, 5.41) is 2.70. The Hall–Kier alpha value is -2.81. The number of carbonyl (C=O) groups excluding carboxylic acids is 1. The minimum atomic E-state index is -0.348. The molecular weight excluding hydrogens is 324 g/mol. The fourth-order valence-corrected chi connectivity index (χ4v) is 2.51. The normalized spacial score (nSPS) is 14.4. The quantitative estimate of drug-likeness (QED) is 0.841. The Morgan fingerprint density at radius 3 is 2.76 bits per heavy atom. The molecule has 2 aromatic rings. The van der Waals surface area contributed by atoms with Crippen molar-refractivity contribution >= 4 is 17.5 Å². The Bertz CT molecular complexity index is 829. The molecule has 3 heterocycles. The molecule has 3 rings (SSSR count). The van der Waals surface area contributed by atoms with Crippen LogP contribution in [0.1, 0.15) is 11.3 Å². The van der Waals surface area contributed by atoms with Gasteiger partial charge in [0.15, 0.2) is 0 Å². The van der Waals surface area contributed by atoms with Gasteiger partial charge in [-0.3, -0.25) is 14.2 Å². The van der Waals surface area contributed by atoms with Crippen LogP contribution in [0.2, 0.25) is 0 Å². The van der Waals surface area contributed by atoms with Gasteiger partial charge in [0.25, 0.3) is 5.56 Å². The summed E-state index contributed by atoms with van der Waals surface area (Å²) in [7, 11) is 0. The fraction of sp³-hybridized carbons (Fsp3) is 0.438. The van der Waals surface area contributed by atoms with Crippen molar-refractivity contribution in [2.75, 3.05) is 36.5 Å². The first-order valence-corrected chi connectivity index (χ1v) is 8.02. The van der Waals surface area contributed by atoms with Crippen LogP contribution in [0.25, 0.3) is 0 Å². The highest BCUT2D eigenvalue weighted by atomic mass is 16.5. The van der Waals surface area contributed by atoms with E-state index in [4.69, 9.17) is 4.74 Å². The molecule has 1 amide bonds. The van der Waals surface area contributed by atoms with Gasteiger partial charge in [-0.15, -0.1) is 0 Å². The van der Waals surface area contributed by atoms with E-state index in [2.05, 4.69) is 25.2 Å². The number of hydrogen-bond acceptors (Lipinski definition) is 7. The number of morpholine rings is 1. The highest BCUT2D eigenvalue weighted by Gasteiger charge is 2.14. The highest BCUT2D eigenvalue weighted by molar-refractivity contribution is 5.89. The molecule has 0 atom stereocenters. The number of aromatic nitrogens is 4. The standard InChI is InChI=1S/C16H20N6O3/c1-11-12(2)19-10-22(16(11)24)8-15(23)20-13-7-14(18-9-17-13)21-3-5-25-6-4-21/h7,9-10H,3-6,8H2,1-2H3,(H,17,18,20,23). The van der Waals surface area contributed by atoms with Gasteiger partial charge in [-0.05, 0) is 13.8 Å². The van der Waals surface area contributed by atoms with Crippen LogP contribution >= 0.6 is 0 Å². The number of nitrogens with one attached hydrogen (secondary N) is 1. The Labute approximate surface area is 144 Å². The van der Waals surface area contributed by atoms with Gasteiger partial charge in [0.2, 0.25) is 5.91 Å². The molecule has 1 N–H and O–H groups in total. The van der Waals surface area contributed by atoms with Crippen LogP contribution in [0.4, 0.5) is 11.6 Å². The SMILES string of the molecule is Cc1ncn(CC(=O)Nc2cc(N3CCOCC3)ncn2)c(=O)c1C. The molecule has 0 aliphatic carbocycles. The van der Waals surface area contributed by atoms with Gasteiger partial charge in [-0.2, -0.15) is 0 Å². The molecule has 132 valence electrons. The Balaban J connectivity index is 1.69. The summed E-state index contributed by atoms with van der Waals surface area (Å²) in [6.45, 7) is 6.11. The third kappa shape index (κ3) is 4.00. The molecule has 0 radical (unpaired) electrons. The number of anilines is 2. The number of amides is 1. The molecule has 1 aliphatic heterocycles. The summed E-state index contributed by atoms with van der Waals surface area (Å²) in [6, 6.07) is 1.71. The van der Waals surface area contributed by atoms with Crippen LogP contribution in [0, 0.1) is 13.8 Å². The lowest BCUT2D eigenvalue weighted by atomic mass is 10.3. The third-order valence-electron chi connectivity index (χ3n) is 4.08. The topological polar surface area (TPSA) is 102 Å². The van der Waals surface area contributed by atoms with Crippen molar-refractivity contribution in [3.63, 3.8) is 0 Å². The molecule has 0 saturated carbocycles. The lowest BCUT2D eigenvalue weighted by Crippen LogP contribution is -2.36. The summed E-state index contributed by atoms with van der Waals surface area (Å²) in [4.78, 5) is 38.8. The van der Waals surface area contributed by atoms with E-state index < -0.39 is 0 Å². The van der Waals surface area contributed by atoms with Crippen LogP contribution in [0.5, 0.6) is 0 Å². The molecule has 2 aromatic heterocycles. The number of carbonyl (C=O) groups is 1. The van der Waals surface area contributed by atoms with Crippen LogP contribution in [0.15, 0.2) is 23.5 Å². The predicted octanol–water partition coefficient (Wildman–Crippen LogP) is 0.125. The van der Waals surface area contributed by atoms with Gasteiger partial charge < -0.3 is 15.0 Å². The minimum Gasteiger partial charge on any atom is -0.378 e. The number of nitrogens with zero attached hydrogens (tertiary/aromatic N) is 5. The van der Waals surface area contributed by atoms with Gasteiger partial charge in [0, 0.05) is 30.4 Å². The van der Waals surface area contributed by atoms with Crippen LogP contribution < -0.4 is 15.8 Å². The van der Waals surface area contributed by atoms with Crippen LogP contribution in [0.3, 0.4) is 0 Å². The van der Waals surface area contributed by atoms with Gasteiger partial charge in [-0.1, -0.05) is 0 Å². The van der Waals surface area contributed by atoms with Crippen molar-refractivity contribution in [1.29, 1.82) is 0 Å². The van der Waals surface area contributed by atoms with Gasteiger partial charge >= 0.3 is 0 Å². The van der Waals surface area contributed by atoms with Gasteiger partial charge in [-0.25, -0.2) is 15.0 Å². The fourth-order valence-electron chi connectivity index (χ4n) is 2.51. The maximum atomic E-state index is 12.2. The predicted molar refractivity (Wildman–Crippen MR) is 91.7 cm³/mol. The summed E-state index contributed by atoms with van der Waals surface area (Å²) in [5.74, 6) is 0.781. The zero-order chi connectivity index (χ0) is 17.8. The van der Waals surface area contributed by atoms with Crippen molar-refractivity contribution in [1.82, 2.24) is 19.5 Å². The van der Waals surface area contributed by atoms with E-state index in [1.54, 1.807) is 19.9 Å². The van der Waals surface area contributed by atoms with E-state index in [1.807, 2.05) is 0 Å². The van der Waals surface area contributed by atoms with Crippen molar-refractivity contribution in [2.45, 2.75) is 20.4 Å². The maximum absolute atomic E-state index is 12.2. The van der Waals surface area contributed by atoms with E-state index in [0.29, 0.717) is 30.3 Å². The monoisotopic (exact) mass is 344 g/mol. The summed E-state index contributed by atoms with van der Waals surface area (Å²) >= 11 is 0. The van der Waals surface area contributed by atoms with Gasteiger partial charge in [0.05, 0.1) is 19.5 Å². The highest BCUT2D eigenvalue weighted by Crippen LogP contribution is 2.15. The average Bonchev–Trinajstić information content (AvgIpc) is 2.63. The lowest BCUT2D eigenvalue weighted by Gasteiger charge is -2.27. The summed E-state index contributed by atoms with van der Waals surface area (Å²) in [6.07, 6.45) is 2.79. The van der Waals surface area contributed by atoms with Crippen molar-refractivity contribution in [3.05, 3.63) is 40.3 Å². The van der Waals surface area contributed by atoms with Crippen molar-refractivity contribution < 1.29 is 9.53 Å². The van der Waals surface area contributed by atoms with Crippen molar-refractivity contribution in [3.8, 4) is 0 Å². The second kappa shape index (κ2) is 7.39. The molecule has 0 unspecified atom stereocenters. The molecular formula is C16H20N6O3. The molecule has 1 fully saturated rings. The van der Waals surface area contributed by atoms with Gasteiger partial charge in [0.1, 0.15) is 24.5 Å². The Morgan fingerprint density at radius 2 is 2.00 bits per heavy atom. The summed E-state index contributed by atoms with van der Waals surface area (Å²) < 4.78 is 6.60. The smallest absolute Gasteiger partial charge is 0.256 e.